The van der Waals surface area contributed by atoms with Gasteiger partial charge in [-0.2, -0.15) is 0 Å². The summed E-state index contributed by atoms with van der Waals surface area (Å²) < 4.78 is 25.8. The molecule has 0 spiro atoms. The molecule has 6 nitrogen and oxygen atoms in total. The molecule has 0 bridgehead atoms. The Morgan fingerprint density at radius 2 is 1.81 bits per heavy atom. The number of amides is 1. The van der Waals surface area contributed by atoms with Gasteiger partial charge in [-0.3, -0.25) is 14.0 Å². The van der Waals surface area contributed by atoms with Crippen LogP contribution in [-0.2, 0) is 21.4 Å². The molecule has 0 N–H and O–H groups in total. The number of piperazine rings is 1. The van der Waals surface area contributed by atoms with Gasteiger partial charge in [0.2, 0.25) is 15.9 Å². The number of anilines is 1. The van der Waals surface area contributed by atoms with Crippen LogP contribution in [0.5, 0.6) is 0 Å². The van der Waals surface area contributed by atoms with E-state index >= 15 is 0 Å². The van der Waals surface area contributed by atoms with E-state index < -0.39 is 10.0 Å². The number of aryl methyl sites for hydroxylation is 1. The largest absolute Gasteiger partial charge is 0.339 e. The number of rotatable bonds is 6. The smallest absolute Gasteiger partial charge is 0.243 e. The van der Waals surface area contributed by atoms with Gasteiger partial charge in [0, 0.05) is 37.6 Å². The molecule has 0 aliphatic carbocycles. The van der Waals surface area contributed by atoms with Gasteiger partial charge in [-0.25, -0.2) is 8.42 Å². The highest BCUT2D eigenvalue weighted by Crippen LogP contribution is 2.22. The summed E-state index contributed by atoms with van der Waals surface area (Å²) in [5.41, 5.74) is 1.39. The Morgan fingerprint density at radius 1 is 1.11 bits per heavy atom. The zero-order chi connectivity index (χ0) is 19.4. The molecule has 2 aromatic rings. The van der Waals surface area contributed by atoms with E-state index in [2.05, 4.69) is 16.3 Å². The third-order valence-electron chi connectivity index (χ3n) is 4.75. The molecular formula is C19H25N3O3S2. The molecule has 2 heterocycles. The molecule has 1 saturated heterocycles. The van der Waals surface area contributed by atoms with Crippen molar-refractivity contribution in [3.8, 4) is 0 Å². The molecule has 146 valence electrons. The summed E-state index contributed by atoms with van der Waals surface area (Å²) in [6.45, 7) is 5.43. The second-order valence-corrected chi connectivity index (χ2v) is 9.73. The lowest BCUT2D eigenvalue weighted by Crippen LogP contribution is -2.51. The molecule has 0 saturated carbocycles. The first kappa shape index (κ1) is 19.9. The van der Waals surface area contributed by atoms with Crippen LogP contribution in [0.1, 0.15) is 10.4 Å². The molecule has 1 fully saturated rings. The van der Waals surface area contributed by atoms with Crippen LogP contribution in [0.3, 0.4) is 0 Å². The normalized spacial score (nSPS) is 15.7. The number of thiophene rings is 1. The highest BCUT2D eigenvalue weighted by Gasteiger charge is 2.27. The first-order valence-corrected chi connectivity index (χ1v) is 11.6. The first-order chi connectivity index (χ1) is 12.8. The Morgan fingerprint density at radius 3 is 2.41 bits per heavy atom. The van der Waals surface area contributed by atoms with Crippen molar-refractivity contribution in [2.75, 3.05) is 43.3 Å². The fraction of sp³-hybridized carbons (Fsp3) is 0.421. The maximum atomic E-state index is 12.8. The van der Waals surface area contributed by atoms with Crippen LogP contribution in [0.2, 0.25) is 0 Å². The number of sulfonamides is 1. The standard InChI is InChI=1S/C19H25N3O3S2/c1-16-6-3-4-8-18(16)22(27(2,24)25)15-19(23)21-11-9-20(10-12-21)14-17-7-5-13-26-17/h3-8,13H,9-12,14-15H2,1-2H3. The molecule has 0 atom stereocenters. The second kappa shape index (κ2) is 8.41. The van der Waals surface area contributed by atoms with Gasteiger partial charge >= 0.3 is 0 Å². The average Bonchev–Trinajstić information content (AvgIpc) is 3.13. The zero-order valence-electron chi connectivity index (χ0n) is 15.7. The number of carbonyl (C=O) groups excluding carboxylic acids is 1. The maximum absolute atomic E-state index is 12.8. The lowest BCUT2D eigenvalue weighted by atomic mass is 10.2. The van der Waals surface area contributed by atoms with Gasteiger partial charge in [-0.15, -0.1) is 11.3 Å². The second-order valence-electron chi connectivity index (χ2n) is 6.79. The topological polar surface area (TPSA) is 60.9 Å². The van der Waals surface area contributed by atoms with Gasteiger partial charge in [-0.1, -0.05) is 24.3 Å². The van der Waals surface area contributed by atoms with Gasteiger partial charge in [0.05, 0.1) is 11.9 Å². The van der Waals surface area contributed by atoms with Crippen LogP contribution >= 0.6 is 11.3 Å². The van der Waals surface area contributed by atoms with Crippen LogP contribution in [0.25, 0.3) is 0 Å². The predicted molar refractivity (Wildman–Crippen MR) is 110 cm³/mol. The molecule has 0 unspecified atom stereocenters. The van der Waals surface area contributed by atoms with Crippen LogP contribution < -0.4 is 4.31 Å². The van der Waals surface area contributed by atoms with Crippen LogP contribution in [-0.4, -0.2) is 63.1 Å². The Labute approximate surface area is 165 Å². The number of nitrogens with zero attached hydrogens (tertiary/aromatic N) is 3. The van der Waals surface area contributed by atoms with Crippen molar-refractivity contribution < 1.29 is 13.2 Å². The minimum atomic E-state index is -3.54. The van der Waals surface area contributed by atoms with E-state index in [1.807, 2.05) is 25.1 Å². The van der Waals surface area contributed by atoms with Crippen molar-refractivity contribution in [2.45, 2.75) is 13.5 Å². The number of benzene rings is 1. The minimum absolute atomic E-state index is 0.153. The van der Waals surface area contributed by atoms with E-state index in [0.29, 0.717) is 18.8 Å². The van der Waals surface area contributed by atoms with E-state index in [4.69, 9.17) is 0 Å². The highest BCUT2D eigenvalue weighted by molar-refractivity contribution is 7.92. The summed E-state index contributed by atoms with van der Waals surface area (Å²) in [7, 11) is -3.54. The van der Waals surface area contributed by atoms with Gasteiger partial charge < -0.3 is 4.90 Å². The summed E-state index contributed by atoms with van der Waals surface area (Å²) in [6.07, 6.45) is 1.14. The molecule has 1 aliphatic rings. The molecule has 1 amide bonds. The van der Waals surface area contributed by atoms with Crippen molar-refractivity contribution in [3.63, 3.8) is 0 Å². The Bertz CT molecular complexity index is 873. The molecule has 27 heavy (non-hydrogen) atoms. The molecular weight excluding hydrogens is 382 g/mol. The first-order valence-electron chi connectivity index (χ1n) is 8.90. The molecule has 1 aromatic carbocycles. The van der Waals surface area contributed by atoms with E-state index in [1.165, 1.54) is 9.18 Å². The summed E-state index contributed by atoms with van der Waals surface area (Å²) >= 11 is 1.74. The van der Waals surface area contributed by atoms with Crippen molar-refractivity contribution in [1.82, 2.24) is 9.80 Å². The SMILES string of the molecule is Cc1ccccc1N(CC(=O)N1CCN(Cc2cccs2)CC1)S(C)(=O)=O. The lowest BCUT2D eigenvalue weighted by molar-refractivity contribution is -0.131. The highest BCUT2D eigenvalue weighted by atomic mass is 32.2. The van der Waals surface area contributed by atoms with E-state index in [1.54, 1.807) is 28.4 Å². The predicted octanol–water partition coefficient (Wildman–Crippen LogP) is 2.17. The third kappa shape index (κ3) is 5.09. The quantitative estimate of drug-likeness (QED) is 0.736. The molecule has 8 heteroatoms. The molecule has 1 aliphatic heterocycles. The maximum Gasteiger partial charge on any atom is 0.243 e. The van der Waals surface area contributed by atoms with Crippen molar-refractivity contribution >= 4 is 33.0 Å². The Balaban J connectivity index is 1.62. The van der Waals surface area contributed by atoms with Gasteiger partial charge in [-0.05, 0) is 30.0 Å². The van der Waals surface area contributed by atoms with Crippen molar-refractivity contribution in [3.05, 3.63) is 52.2 Å². The van der Waals surface area contributed by atoms with E-state index in [0.717, 1.165) is 31.5 Å². The minimum Gasteiger partial charge on any atom is -0.339 e. The van der Waals surface area contributed by atoms with Gasteiger partial charge in [0.15, 0.2) is 0 Å². The Kier molecular flexibility index (Phi) is 6.18. The summed E-state index contributed by atoms with van der Waals surface area (Å²) in [5.74, 6) is -0.153. The summed E-state index contributed by atoms with van der Waals surface area (Å²) in [5, 5.41) is 2.07. The fourth-order valence-corrected chi connectivity index (χ4v) is 4.88. The lowest BCUT2D eigenvalue weighted by Gasteiger charge is -2.35. The van der Waals surface area contributed by atoms with Gasteiger partial charge in [0.1, 0.15) is 6.54 Å². The van der Waals surface area contributed by atoms with Crippen LogP contribution in [0.15, 0.2) is 41.8 Å². The molecule has 1 aromatic heterocycles. The van der Waals surface area contributed by atoms with Crippen molar-refractivity contribution in [1.29, 1.82) is 0 Å². The average molecular weight is 408 g/mol. The van der Waals surface area contributed by atoms with Crippen LogP contribution in [0, 0.1) is 6.92 Å². The number of para-hydroxylation sites is 1. The fourth-order valence-electron chi connectivity index (χ4n) is 3.23. The summed E-state index contributed by atoms with van der Waals surface area (Å²) in [4.78, 5) is 18.2. The van der Waals surface area contributed by atoms with E-state index in [9.17, 15) is 13.2 Å². The van der Waals surface area contributed by atoms with E-state index in [-0.39, 0.29) is 12.5 Å². The van der Waals surface area contributed by atoms with Crippen molar-refractivity contribution in [2.24, 2.45) is 0 Å². The monoisotopic (exact) mass is 407 g/mol. The summed E-state index contributed by atoms with van der Waals surface area (Å²) in [6, 6.07) is 11.4. The molecule has 3 rings (SSSR count). The third-order valence-corrected chi connectivity index (χ3v) is 6.74. The zero-order valence-corrected chi connectivity index (χ0v) is 17.3. The number of hydrogen-bond acceptors (Lipinski definition) is 5. The Hall–Kier alpha value is -1.90. The van der Waals surface area contributed by atoms with Gasteiger partial charge in [0.25, 0.3) is 0 Å². The number of carbonyl (C=O) groups is 1. The molecule has 0 radical (unpaired) electrons. The number of hydrogen-bond donors (Lipinski definition) is 0. The van der Waals surface area contributed by atoms with Crippen LogP contribution in [0.4, 0.5) is 5.69 Å².